The number of likely N-dealkylation sites (tertiary alicyclic amines) is 1. The summed E-state index contributed by atoms with van der Waals surface area (Å²) in [5, 5.41) is 12.5. The number of likely N-dealkylation sites (N-methyl/N-ethyl adjacent to an activating group) is 1. The lowest BCUT2D eigenvalue weighted by Crippen LogP contribution is -2.36. The van der Waals surface area contributed by atoms with Crippen LogP contribution in [-0.2, 0) is 10.8 Å². The van der Waals surface area contributed by atoms with E-state index in [1.807, 2.05) is 73.8 Å². The lowest BCUT2D eigenvalue weighted by molar-refractivity contribution is 0.0783. The standard InChI is InChI=1S/C37H37Cl2N3O2S/c1-4-30-29(23-40)21-27-9-5-6-11-32(27)36(30)37(43)41(2)24-28(26-13-14-33(38)34(39)22-26)17-20-42-18-15-25(16-19-42)31-10-7-8-12-35(31)45(3)44/h4-14,21-22,25,28H,1,15-20,24H2,2-3H3/t28?,45-/m0/s1. The van der Waals surface area contributed by atoms with Crippen molar-refractivity contribution in [1.82, 2.24) is 9.80 Å². The van der Waals surface area contributed by atoms with Gasteiger partial charge in [0.2, 0.25) is 0 Å². The van der Waals surface area contributed by atoms with Crippen LogP contribution in [0.1, 0.15) is 63.7 Å². The summed E-state index contributed by atoms with van der Waals surface area (Å²) in [5.41, 5.74) is 3.70. The average molecular weight is 659 g/mol. The third kappa shape index (κ3) is 7.34. The number of benzene rings is 4. The van der Waals surface area contributed by atoms with Crippen molar-refractivity contribution >= 4 is 56.8 Å². The molecular formula is C37H37Cl2N3O2S. The largest absolute Gasteiger partial charge is 0.341 e. The van der Waals surface area contributed by atoms with Gasteiger partial charge in [0, 0.05) is 36.2 Å². The molecule has 232 valence electrons. The molecule has 4 aromatic carbocycles. The van der Waals surface area contributed by atoms with Gasteiger partial charge in [0.1, 0.15) is 0 Å². The fourth-order valence-electron chi connectivity index (χ4n) is 6.52. The minimum Gasteiger partial charge on any atom is -0.341 e. The molecule has 1 unspecified atom stereocenters. The number of carbonyl (C=O) groups excluding carboxylic acids is 1. The van der Waals surface area contributed by atoms with Crippen molar-refractivity contribution in [2.75, 3.05) is 39.5 Å². The van der Waals surface area contributed by atoms with Crippen LogP contribution in [0.2, 0.25) is 10.0 Å². The number of fused-ring (bicyclic) bond motifs is 1. The first kappa shape index (κ1) is 32.9. The molecule has 45 heavy (non-hydrogen) atoms. The first-order valence-corrected chi connectivity index (χ1v) is 17.5. The maximum Gasteiger partial charge on any atom is 0.254 e. The second kappa shape index (κ2) is 14.7. The highest BCUT2D eigenvalue weighted by Crippen LogP contribution is 2.34. The molecule has 8 heteroatoms. The molecule has 0 aliphatic carbocycles. The van der Waals surface area contributed by atoms with E-state index in [4.69, 9.17) is 23.2 Å². The number of rotatable bonds is 10. The number of hydrogen-bond donors (Lipinski definition) is 0. The number of hydrogen-bond acceptors (Lipinski definition) is 4. The highest BCUT2D eigenvalue weighted by Gasteiger charge is 2.27. The van der Waals surface area contributed by atoms with Crippen molar-refractivity contribution in [3.05, 3.63) is 117 Å². The highest BCUT2D eigenvalue weighted by atomic mass is 35.5. The molecule has 1 aliphatic heterocycles. The molecule has 0 saturated carbocycles. The fourth-order valence-corrected chi connectivity index (χ4v) is 7.66. The molecule has 0 radical (unpaired) electrons. The van der Waals surface area contributed by atoms with Gasteiger partial charge in [0.25, 0.3) is 5.91 Å². The van der Waals surface area contributed by atoms with Crippen LogP contribution in [0.25, 0.3) is 16.8 Å². The summed E-state index contributed by atoms with van der Waals surface area (Å²) in [7, 11) is 0.805. The van der Waals surface area contributed by atoms with E-state index in [0.717, 1.165) is 60.1 Å². The fraction of sp³-hybridized carbons (Fsp3) is 0.297. The van der Waals surface area contributed by atoms with Crippen molar-refractivity contribution in [3.8, 4) is 6.07 Å². The Morgan fingerprint density at radius 3 is 2.49 bits per heavy atom. The molecule has 1 heterocycles. The first-order valence-electron chi connectivity index (χ1n) is 15.1. The Kier molecular flexibility index (Phi) is 10.8. The van der Waals surface area contributed by atoms with Gasteiger partial charge in [-0.1, -0.05) is 84.4 Å². The zero-order chi connectivity index (χ0) is 32.1. The lowest BCUT2D eigenvalue weighted by atomic mass is 9.88. The molecule has 5 nitrogen and oxygen atoms in total. The Bertz CT molecular complexity index is 1790. The van der Waals surface area contributed by atoms with Crippen LogP contribution < -0.4 is 0 Å². The smallest absolute Gasteiger partial charge is 0.254 e. The van der Waals surface area contributed by atoms with E-state index in [9.17, 15) is 14.3 Å². The van der Waals surface area contributed by atoms with E-state index in [0.29, 0.717) is 39.2 Å². The minimum absolute atomic E-state index is 0.00673. The molecule has 0 aromatic heterocycles. The van der Waals surface area contributed by atoms with E-state index in [-0.39, 0.29) is 11.8 Å². The van der Waals surface area contributed by atoms with Crippen LogP contribution in [0.3, 0.4) is 0 Å². The van der Waals surface area contributed by atoms with Crippen LogP contribution in [-0.4, -0.2) is 59.4 Å². The number of carbonyl (C=O) groups is 1. The van der Waals surface area contributed by atoms with Gasteiger partial charge in [-0.05, 0) is 91.0 Å². The van der Waals surface area contributed by atoms with Crippen molar-refractivity contribution in [2.24, 2.45) is 0 Å². The van der Waals surface area contributed by atoms with E-state index in [1.54, 1.807) is 17.2 Å². The van der Waals surface area contributed by atoms with Gasteiger partial charge >= 0.3 is 0 Å². The topological polar surface area (TPSA) is 64.4 Å². The number of piperidine rings is 1. The van der Waals surface area contributed by atoms with Crippen LogP contribution in [0.5, 0.6) is 0 Å². The molecule has 1 fully saturated rings. The van der Waals surface area contributed by atoms with Gasteiger partial charge in [0.05, 0.1) is 38.0 Å². The third-order valence-electron chi connectivity index (χ3n) is 8.93. The zero-order valence-corrected chi connectivity index (χ0v) is 28.0. The summed E-state index contributed by atoms with van der Waals surface area (Å²) >= 11 is 12.7. The predicted molar refractivity (Wildman–Crippen MR) is 187 cm³/mol. The Morgan fingerprint density at radius 1 is 1.09 bits per heavy atom. The molecule has 1 saturated heterocycles. The molecule has 0 bridgehead atoms. The zero-order valence-electron chi connectivity index (χ0n) is 25.6. The summed E-state index contributed by atoms with van der Waals surface area (Å²) in [6.07, 6.45) is 6.19. The summed E-state index contributed by atoms with van der Waals surface area (Å²) < 4.78 is 12.3. The van der Waals surface area contributed by atoms with Crippen molar-refractivity contribution in [2.45, 2.75) is 36.0 Å². The normalized spacial score (nSPS) is 15.4. The number of nitrogens with zero attached hydrogens (tertiary/aromatic N) is 3. The van der Waals surface area contributed by atoms with Crippen LogP contribution >= 0.6 is 23.2 Å². The van der Waals surface area contributed by atoms with Crippen molar-refractivity contribution in [1.29, 1.82) is 5.26 Å². The van der Waals surface area contributed by atoms with Crippen LogP contribution in [0.15, 0.2) is 84.3 Å². The van der Waals surface area contributed by atoms with E-state index in [2.05, 4.69) is 23.6 Å². The predicted octanol–water partition coefficient (Wildman–Crippen LogP) is 8.52. The Balaban J connectivity index is 1.35. The summed E-state index contributed by atoms with van der Waals surface area (Å²) in [4.78, 5) is 19.3. The molecule has 0 spiro atoms. The van der Waals surface area contributed by atoms with Crippen molar-refractivity contribution in [3.63, 3.8) is 0 Å². The quantitative estimate of drug-likeness (QED) is 0.171. The van der Waals surface area contributed by atoms with Crippen molar-refractivity contribution < 1.29 is 9.00 Å². The van der Waals surface area contributed by atoms with Gasteiger partial charge in [0.15, 0.2) is 0 Å². The second-order valence-corrected chi connectivity index (χ2v) is 13.9. The monoisotopic (exact) mass is 657 g/mol. The molecule has 4 aromatic rings. The maximum atomic E-state index is 14.1. The highest BCUT2D eigenvalue weighted by molar-refractivity contribution is 7.84. The molecule has 1 aliphatic rings. The molecule has 1 amide bonds. The molecule has 2 atom stereocenters. The average Bonchev–Trinajstić information content (AvgIpc) is 3.06. The summed E-state index contributed by atoms with van der Waals surface area (Å²) in [5.74, 6) is 0.248. The van der Waals surface area contributed by atoms with Gasteiger partial charge in [-0.15, -0.1) is 0 Å². The first-order chi connectivity index (χ1) is 21.7. The van der Waals surface area contributed by atoms with Gasteiger partial charge in [-0.3, -0.25) is 9.00 Å². The van der Waals surface area contributed by atoms with Crippen LogP contribution in [0, 0.1) is 11.3 Å². The van der Waals surface area contributed by atoms with E-state index < -0.39 is 10.8 Å². The van der Waals surface area contributed by atoms with E-state index >= 15 is 0 Å². The van der Waals surface area contributed by atoms with Gasteiger partial charge in [-0.2, -0.15) is 5.26 Å². The number of nitriles is 1. The number of amides is 1. The minimum atomic E-state index is -1.01. The molecular weight excluding hydrogens is 621 g/mol. The van der Waals surface area contributed by atoms with E-state index in [1.165, 1.54) is 5.56 Å². The number of halogens is 2. The summed E-state index contributed by atoms with van der Waals surface area (Å²) in [6.45, 7) is 7.16. The molecule has 0 N–H and O–H groups in total. The third-order valence-corrected chi connectivity index (χ3v) is 10.7. The molecule has 5 rings (SSSR count). The van der Waals surface area contributed by atoms with Gasteiger partial charge in [-0.25, -0.2) is 0 Å². The van der Waals surface area contributed by atoms with Gasteiger partial charge < -0.3 is 9.80 Å². The Hall–Kier alpha value is -3.47. The lowest BCUT2D eigenvalue weighted by Gasteiger charge is -2.34. The Labute approximate surface area is 278 Å². The Morgan fingerprint density at radius 2 is 1.80 bits per heavy atom. The second-order valence-electron chi connectivity index (χ2n) is 11.7. The SMILES string of the molecule is C=Cc1c(C#N)cc2ccccc2c1C(=O)N(C)CC(CCN1CCC(c2ccccc2[S@](C)=O)CC1)c1ccc(Cl)c(Cl)c1. The van der Waals surface area contributed by atoms with Crippen LogP contribution in [0.4, 0.5) is 0 Å². The maximum absolute atomic E-state index is 14.1. The summed E-state index contributed by atoms with van der Waals surface area (Å²) in [6, 6.07) is 25.5.